The van der Waals surface area contributed by atoms with Gasteiger partial charge in [0.2, 0.25) is 0 Å². The Morgan fingerprint density at radius 3 is 2.24 bits per heavy atom. The predicted molar refractivity (Wildman–Crippen MR) is 70.1 cm³/mol. The molecule has 0 aliphatic carbocycles. The summed E-state index contributed by atoms with van der Waals surface area (Å²) < 4.78 is 0. The average molecular weight is 258 g/mol. The number of hydrogen-bond donors (Lipinski definition) is 2. The number of aliphatic hydroxyl groups excluding tert-OH is 2. The molecule has 0 heterocycles. The van der Waals surface area contributed by atoms with Crippen molar-refractivity contribution < 1.29 is 10.2 Å². The third-order valence-corrected chi connectivity index (χ3v) is 2.58. The van der Waals surface area contributed by atoms with Crippen LogP contribution in [0, 0.1) is 0 Å². The lowest BCUT2D eigenvalue weighted by Crippen LogP contribution is -2.35. The molecule has 0 amide bonds. The Kier molecular flexibility index (Phi) is 5.92. The molecule has 17 heavy (non-hydrogen) atoms. The molecular formula is C13H20ClNO2. The van der Waals surface area contributed by atoms with Crippen molar-refractivity contribution in [3.63, 3.8) is 0 Å². The van der Waals surface area contributed by atoms with E-state index >= 15 is 0 Å². The van der Waals surface area contributed by atoms with Crippen molar-refractivity contribution in [2.45, 2.75) is 32.6 Å². The second kappa shape index (κ2) is 6.97. The van der Waals surface area contributed by atoms with Crippen molar-refractivity contribution >= 4 is 11.6 Å². The molecule has 2 N–H and O–H groups in total. The van der Waals surface area contributed by atoms with Crippen molar-refractivity contribution in [2.24, 2.45) is 0 Å². The zero-order valence-electron chi connectivity index (χ0n) is 10.3. The van der Waals surface area contributed by atoms with E-state index in [2.05, 4.69) is 0 Å². The first-order valence-corrected chi connectivity index (χ1v) is 6.18. The van der Waals surface area contributed by atoms with Crippen LogP contribution in [0.1, 0.15) is 19.4 Å². The molecule has 3 nitrogen and oxygen atoms in total. The third-order valence-electron chi connectivity index (χ3n) is 2.34. The van der Waals surface area contributed by atoms with Gasteiger partial charge in [0.1, 0.15) is 0 Å². The van der Waals surface area contributed by atoms with Gasteiger partial charge in [-0.3, -0.25) is 4.90 Å². The standard InChI is InChI=1S/C13H20ClNO2/c1-10(16)7-15(8-11(2)17)9-12-4-3-5-13(14)6-12/h3-6,10-11,16-17H,7-9H2,1-2H3/t10-,11-/m1/s1. The minimum atomic E-state index is -0.409. The summed E-state index contributed by atoms with van der Waals surface area (Å²) in [5, 5.41) is 19.5. The highest BCUT2D eigenvalue weighted by molar-refractivity contribution is 6.30. The van der Waals surface area contributed by atoms with Crippen LogP contribution < -0.4 is 0 Å². The first-order valence-electron chi connectivity index (χ1n) is 5.80. The van der Waals surface area contributed by atoms with Gasteiger partial charge in [0.15, 0.2) is 0 Å². The van der Waals surface area contributed by atoms with Crippen molar-refractivity contribution in [3.05, 3.63) is 34.9 Å². The van der Waals surface area contributed by atoms with E-state index in [1.54, 1.807) is 13.8 Å². The molecule has 0 spiro atoms. The summed E-state index contributed by atoms with van der Waals surface area (Å²) in [4.78, 5) is 2.01. The van der Waals surface area contributed by atoms with E-state index in [4.69, 9.17) is 11.6 Å². The van der Waals surface area contributed by atoms with E-state index in [0.29, 0.717) is 24.7 Å². The fourth-order valence-electron chi connectivity index (χ4n) is 1.84. The minimum Gasteiger partial charge on any atom is -0.392 e. The summed E-state index contributed by atoms with van der Waals surface area (Å²) >= 11 is 5.92. The largest absolute Gasteiger partial charge is 0.392 e. The lowest BCUT2D eigenvalue weighted by Gasteiger charge is -2.25. The molecule has 0 saturated carbocycles. The van der Waals surface area contributed by atoms with Gasteiger partial charge in [-0.05, 0) is 31.5 Å². The van der Waals surface area contributed by atoms with Crippen molar-refractivity contribution in [1.82, 2.24) is 4.90 Å². The van der Waals surface area contributed by atoms with E-state index in [1.807, 2.05) is 29.2 Å². The zero-order chi connectivity index (χ0) is 12.8. The Morgan fingerprint density at radius 1 is 1.18 bits per heavy atom. The Balaban J connectivity index is 2.64. The molecule has 0 saturated heterocycles. The normalized spacial score (nSPS) is 14.9. The van der Waals surface area contributed by atoms with Crippen LogP contribution >= 0.6 is 11.6 Å². The smallest absolute Gasteiger partial charge is 0.0639 e. The molecular weight excluding hydrogens is 238 g/mol. The summed E-state index contributed by atoms with van der Waals surface area (Å²) in [5.74, 6) is 0. The first-order chi connectivity index (χ1) is 7.97. The van der Waals surface area contributed by atoms with E-state index < -0.39 is 12.2 Å². The van der Waals surface area contributed by atoms with E-state index in [9.17, 15) is 10.2 Å². The van der Waals surface area contributed by atoms with Crippen molar-refractivity contribution in [2.75, 3.05) is 13.1 Å². The molecule has 4 heteroatoms. The highest BCUT2D eigenvalue weighted by Gasteiger charge is 2.11. The van der Waals surface area contributed by atoms with Gasteiger partial charge in [-0.2, -0.15) is 0 Å². The summed E-state index contributed by atoms with van der Waals surface area (Å²) in [7, 11) is 0. The highest BCUT2D eigenvalue weighted by atomic mass is 35.5. The van der Waals surface area contributed by atoms with Gasteiger partial charge in [-0.25, -0.2) is 0 Å². The van der Waals surface area contributed by atoms with Crippen LogP contribution in [0.15, 0.2) is 24.3 Å². The quantitative estimate of drug-likeness (QED) is 0.818. The van der Waals surface area contributed by atoms with Crippen LogP contribution in [-0.2, 0) is 6.54 Å². The van der Waals surface area contributed by atoms with Crippen LogP contribution in [0.25, 0.3) is 0 Å². The molecule has 96 valence electrons. The number of halogens is 1. The third kappa shape index (κ3) is 6.03. The van der Waals surface area contributed by atoms with Crippen molar-refractivity contribution in [3.8, 4) is 0 Å². The second-order valence-corrected chi connectivity index (χ2v) is 4.96. The Labute approximate surface area is 108 Å². The summed E-state index contributed by atoms with van der Waals surface area (Å²) in [6.45, 7) is 5.24. The molecule has 0 aliphatic heterocycles. The molecule has 1 aromatic rings. The Morgan fingerprint density at radius 2 is 1.76 bits per heavy atom. The Bertz CT molecular complexity index is 332. The SMILES string of the molecule is C[C@@H](O)CN(Cc1cccc(Cl)c1)C[C@@H](C)O. The summed E-state index contributed by atoms with van der Waals surface area (Å²) in [5.41, 5.74) is 1.08. The lowest BCUT2D eigenvalue weighted by molar-refractivity contribution is 0.0794. The number of aliphatic hydroxyl groups is 2. The maximum absolute atomic E-state index is 9.42. The molecule has 1 aromatic carbocycles. The fraction of sp³-hybridized carbons (Fsp3) is 0.538. The monoisotopic (exact) mass is 257 g/mol. The average Bonchev–Trinajstić information content (AvgIpc) is 2.14. The molecule has 1 rings (SSSR count). The molecule has 0 bridgehead atoms. The Hall–Kier alpha value is -0.610. The molecule has 2 atom stereocenters. The van der Waals surface area contributed by atoms with Gasteiger partial charge in [-0.15, -0.1) is 0 Å². The van der Waals surface area contributed by atoms with Crippen LogP contribution in [-0.4, -0.2) is 40.4 Å². The fourth-order valence-corrected chi connectivity index (χ4v) is 2.06. The van der Waals surface area contributed by atoms with Gasteiger partial charge in [-0.1, -0.05) is 23.7 Å². The zero-order valence-corrected chi connectivity index (χ0v) is 11.1. The maximum Gasteiger partial charge on any atom is 0.0639 e. The van der Waals surface area contributed by atoms with Gasteiger partial charge in [0.25, 0.3) is 0 Å². The van der Waals surface area contributed by atoms with Crippen LogP contribution in [0.5, 0.6) is 0 Å². The van der Waals surface area contributed by atoms with E-state index in [0.717, 1.165) is 5.56 Å². The summed E-state index contributed by atoms with van der Waals surface area (Å²) in [6.07, 6.45) is -0.819. The van der Waals surface area contributed by atoms with E-state index in [-0.39, 0.29) is 0 Å². The van der Waals surface area contributed by atoms with Crippen LogP contribution in [0.2, 0.25) is 5.02 Å². The first kappa shape index (κ1) is 14.5. The number of nitrogens with zero attached hydrogens (tertiary/aromatic N) is 1. The number of rotatable bonds is 6. The van der Waals surface area contributed by atoms with Gasteiger partial charge in [0.05, 0.1) is 12.2 Å². The number of benzene rings is 1. The highest BCUT2D eigenvalue weighted by Crippen LogP contribution is 2.13. The van der Waals surface area contributed by atoms with Crippen molar-refractivity contribution in [1.29, 1.82) is 0 Å². The predicted octanol–water partition coefficient (Wildman–Crippen LogP) is 1.90. The molecule has 0 radical (unpaired) electrons. The van der Waals surface area contributed by atoms with Gasteiger partial charge in [0, 0.05) is 24.7 Å². The van der Waals surface area contributed by atoms with Gasteiger partial charge < -0.3 is 10.2 Å². The number of hydrogen-bond acceptors (Lipinski definition) is 3. The van der Waals surface area contributed by atoms with Crippen LogP contribution in [0.4, 0.5) is 0 Å². The topological polar surface area (TPSA) is 43.7 Å². The second-order valence-electron chi connectivity index (χ2n) is 4.52. The molecule has 0 aliphatic rings. The molecule has 0 fully saturated rings. The van der Waals surface area contributed by atoms with Gasteiger partial charge >= 0.3 is 0 Å². The maximum atomic E-state index is 9.42. The lowest BCUT2D eigenvalue weighted by atomic mass is 10.2. The summed E-state index contributed by atoms with van der Waals surface area (Å²) in [6, 6.07) is 7.63. The molecule has 0 aromatic heterocycles. The van der Waals surface area contributed by atoms with E-state index in [1.165, 1.54) is 0 Å². The minimum absolute atomic E-state index is 0.409. The van der Waals surface area contributed by atoms with Crippen LogP contribution in [0.3, 0.4) is 0 Å². The molecule has 0 unspecified atom stereocenters.